The number of hydrogen-bond acceptors (Lipinski definition) is 3. The molecule has 0 bridgehead atoms. The molecule has 1 amide bonds. The molecule has 2 fully saturated rings. The molecule has 5 heteroatoms. The summed E-state index contributed by atoms with van der Waals surface area (Å²) in [6.07, 6.45) is 2.20. The number of piperazine rings is 1. The topological polar surface area (TPSA) is 26.8 Å². The van der Waals surface area contributed by atoms with Crippen molar-refractivity contribution in [2.24, 2.45) is 0 Å². The number of carbonyl (C=O) groups is 1. The monoisotopic (exact) mass is 381 g/mol. The zero-order valence-corrected chi connectivity index (χ0v) is 16.5. The second-order valence-corrected chi connectivity index (χ2v) is 7.92. The van der Waals surface area contributed by atoms with Gasteiger partial charge < -0.3 is 9.80 Å². The quantitative estimate of drug-likeness (QED) is 0.813. The summed E-state index contributed by atoms with van der Waals surface area (Å²) >= 11 is 0. The molecule has 1 atom stereocenters. The molecular formula is C23H28FN3O. The van der Waals surface area contributed by atoms with Crippen LogP contribution in [0.5, 0.6) is 0 Å². The standard InChI is InChI=1S/C23H28FN3O/c1-18-4-2-5-19(16-18)23(28)27-11-3-6-22(17-27)26-14-12-25(13-15-26)21-9-7-20(24)8-10-21/h2,4-5,7-10,16,22H,3,6,11-15,17H2,1H3/t22-/m1/s1. The molecule has 2 heterocycles. The minimum Gasteiger partial charge on any atom is -0.369 e. The van der Waals surface area contributed by atoms with Crippen LogP contribution < -0.4 is 4.90 Å². The van der Waals surface area contributed by atoms with Crippen LogP contribution >= 0.6 is 0 Å². The molecule has 0 aromatic heterocycles. The van der Waals surface area contributed by atoms with Gasteiger partial charge in [-0.1, -0.05) is 17.7 Å². The molecule has 2 aromatic carbocycles. The molecule has 2 aliphatic heterocycles. The van der Waals surface area contributed by atoms with Crippen LogP contribution in [0, 0.1) is 12.7 Å². The molecule has 28 heavy (non-hydrogen) atoms. The maximum atomic E-state index is 13.1. The molecule has 2 aliphatic rings. The summed E-state index contributed by atoms with van der Waals surface area (Å²) in [7, 11) is 0. The molecule has 0 aliphatic carbocycles. The van der Waals surface area contributed by atoms with Crippen LogP contribution in [0.3, 0.4) is 0 Å². The van der Waals surface area contributed by atoms with Gasteiger partial charge in [-0.05, 0) is 56.2 Å². The summed E-state index contributed by atoms with van der Waals surface area (Å²) in [5, 5.41) is 0. The number of amides is 1. The van der Waals surface area contributed by atoms with Crippen LogP contribution in [0.4, 0.5) is 10.1 Å². The first-order chi connectivity index (χ1) is 13.6. The Morgan fingerprint density at radius 3 is 2.46 bits per heavy atom. The fourth-order valence-corrected chi connectivity index (χ4v) is 4.40. The predicted octanol–water partition coefficient (Wildman–Crippen LogP) is 3.56. The third-order valence-electron chi connectivity index (χ3n) is 5.97. The Hall–Kier alpha value is -2.40. The minimum atomic E-state index is -0.192. The fourth-order valence-electron chi connectivity index (χ4n) is 4.40. The summed E-state index contributed by atoms with van der Waals surface area (Å²) in [6, 6.07) is 15.1. The van der Waals surface area contributed by atoms with Gasteiger partial charge in [0, 0.05) is 56.6 Å². The van der Waals surface area contributed by atoms with Crippen LogP contribution in [-0.4, -0.2) is 61.0 Å². The van der Waals surface area contributed by atoms with Crippen LogP contribution in [-0.2, 0) is 0 Å². The molecule has 2 saturated heterocycles. The Morgan fingerprint density at radius 2 is 1.75 bits per heavy atom. The van der Waals surface area contributed by atoms with E-state index in [1.165, 1.54) is 12.1 Å². The van der Waals surface area contributed by atoms with E-state index in [2.05, 4.69) is 9.80 Å². The van der Waals surface area contributed by atoms with Gasteiger partial charge >= 0.3 is 0 Å². The Labute approximate surface area is 166 Å². The average Bonchev–Trinajstić information content (AvgIpc) is 2.74. The molecule has 4 nitrogen and oxygen atoms in total. The van der Waals surface area contributed by atoms with E-state index in [-0.39, 0.29) is 11.7 Å². The van der Waals surface area contributed by atoms with Gasteiger partial charge in [0.2, 0.25) is 0 Å². The lowest BCUT2D eigenvalue weighted by atomic mass is 10.0. The van der Waals surface area contributed by atoms with E-state index < -0.39 is 0 Å². The number of nitrogens with zero attached hydrogens (tertiary/aromatic N) is 3. The van der Waals surface area contributed by atoms with E-state index in [0.29, 0.717) is 6.04 Å². The molecule has 0 N–H and O–H groups in total. The number of aryl methyl sites for hydroxylation is 1. The van der Waals surface area contributed by atoms with Crippen LogP contribution in [0.25, 0.3) is 0 Å². The molecule has 0 unspecified atom stereocenters. The predicted molar refractivity (Wildman–Crippen MR) is 110 cm³/mol. The molecule has 4 rings (SSSR count). The maximum absolute atomic E-state index is 13.1. The first-order valence-electron chi connectivity index (χ1n) is 10.2. The highest BCUT2D eigenvalue weighted by Gasteiger charge is 2.30. The lowest BCUT2D eigenvalue weighted by molar-refractivity contribution is 0.0563. The molecule has 148 valence electrons. The third kappa shape index (κ3) is 4.20. The van der Waals surface area contributed by atoms with E-state index in [1.54, 1.807) is 0 Å². The van der Waals surface area contributed by atoms with Crippen molar-refractivity contribution in [3.8, 4) is 0 Å². The molecule has 0 spiro atoms. The van der Waals surface area contributed by atoms with Gasteiger partial charge in [-0.25, -0.2) is 4.39 Å². The van der Waals surface area contributed by atoms with Gasteiger partial charge in [-0.2, -0.15) is 0 Å². The number of carbonyl (C=O) groups excluding carboxylic acids is 1. The van der Waals surface area contributed by atoms with Gasteiger partial charge in [-0.3, -0.25) is 9.69 Å². The minimum absolute atomic E-state index is 0.151. The van der Waals surface area contributed by atoms with Crippen molar-refractivity contribution in [3.63, 3.8) is 0 Å². The van der Waals surface area contributed by atoms with E-state index in [9.17, 15) is 9.18 Å². The first kappa shape index (κ1) is 18.9. The first-order valence-corrected chi connectivity index (χ1v) is 10.2. The largest absolute Gasteiger partial charge is 0.369 e. The van der Waals surface area contributed by atoms with Gasteiger partial charge in [0.05, 0.1) is 0 Å². The summed E-state index contributed by atoms with van der Waals surface area (Å²) in [5.74, 6) is -0.0405. The summed E-state index contributed by atoms with van der Waals surface area (Å²) in [5.41, 5.74) is 3.00. The van der Waals surface area contributed by atoms with Gasteiger partial charge in [0.15, 0.2) is 0 Å². The second kappa shape index (κ2) is 8.31. The van der Waals surface area contributed by atoms with E-state index in [1.807, 2.05) is 48.2 Å². The number of halogens is 1. The van der Waals surface area contributed by atoms with Crippen molar-refractivity contribution in [1.29, 1.82) is 0 Å². The van der Waals surface area contributed by atoms with E-state index >= 15 is 0 Å². The number of likely N-dealkylation sites (tertiary alicyclic amines) is 1. The molecule has 0 radical (unpaired) electrons. The summed E-state index contributed by atoms with van der Waals surface area (Å²) < 4.78 is 13.1. The smallest absolute Gasteiger partial charge is 0.253 e. The van der Waals surface area contributed by atoms with Crippen molar-refractivity contribution in [1.82, 2.24) is 9.80 Å². The van der Waals surface area contributed by atoms with Crippen LogP contribution in [0.2, 0.25) is 0 Å². The SMILES string of the molecule is Cc1cccc(C(=O)N2CCC[C@@H](N3CCN(c4ccc(F)cc4)CC3)C2)c1. The third-order valence-corrected chi connectivity index (χ3v) is 5.97. The highest BCUT2D eigenvalue weighted by molar-refractivity contribution is 5.94. The number of piperidine rings is 1. The zero-order chi connectivity index (χ0) is 19.5. The molecular weight excluding hydrogens is 353 g/mol. The lowest BCUT2D eigenvalue weighted by Crippen LogP contribution is -2.55. The van der Waals surface area contributed by atoms with Gasteiger partial charge in [-0.15, -0.1) is 0 Å². The van der Waals surface area contributed by atoms with Crippen molar-refractivity contribution in [2.45, 2.75) is 25.8 Å². The maximum Gasteiger partial charge on any atom is 0.253 e. The van der Waals surface area contributed by atoms with Crippen LogP contribution in [0.15, 0.2) is 48.5 Å². The highest BCUT2D eigenvalue weighted by atomic mass is 19.1. The fraction of sp³-hybridized carbons (Fsp3) is 0.435. The van der Waals surface area contributed by atoms with Crippen LogP contribution in [0.1, 0.15) is 28.8 Å². The zero-order valence-electron chi connectivity index (χ0n) is 16.5. The number of benzene rings is 2. The average molecular weight is 381 g/mol. The molecule has 0 saturated carbocycles. The number of anilines is 1. The van der Waals surface area contributed by atoms with Crippen molar-refractivity contribution >= 4 is 11.6 Å². The Balaban J connectivity index is 1.35. The highest BCUT2D eigenvalue weighted by Crippen LogP contribution is 2.22. The van der Waals surface area contributed by atoms with Gasteiger partial charge in [0.1, 0.15) is 5.82 Å². The number of rotatable bonds is 3. The van der Waals surface area contributed by atoms with Crippen molar-refractivity contribution in [3.05, 3.63) is 65.5 Å². The number of hydrogen-bond donors (Lipinski definition) is 0. The van der Waals surface area contributed by atoms with E-state index in [4.69, 9.17) is 0 Å². The Bertz CT molecular complexity index is 815. The Kier molecular flexibility index (Phi) is 5.62. The Morgan fingerprint density at radius 1 is 1.00 bits per heavy atom. The van der Waals surface area contributed by atoms with Crippen molar-refractivity contribution < 1.29 is 9.18 Å². The molecule has 2 aromatic rings. The summed E-state index contributed by atoms with van der Waals surface area (Å²) in [4.78, 5) is 19.8. The summed E-state index contributed by atoms with van der Waals surface area (Å²) in [6.45, 7) is 7.52. The lowest BCUT2D eigenvalue weighted by Gasteiger charge is -2.44. The van der Waals surface area contributed by atoms with Crippen molar-refractivity contribution in [2.75, 3.05) is 44.2 Å². The normalized spacial score (nSPS) is 21.0. The van der Waals surface area contributed by atoms with Gasteiger partial charge in [0.25, 0.3) is 5.91 Å². The second-order valence-electron chi connectivity index (χ2n) is 7.92. The van der Waals surface area contributed by atoms with E-state index in [0.717, 1.165) is 68.9 Å².